The van der Waals surface area contributed by atoms with Crippen molar-refractivity contribution in [1.82, 2.24) is 0 Å². The van der Waals surface area contributed by atoms with Gasteiger partial charge in [0.25, 0.3) is 0 Å². The van der Waals surface area contributed by atoms with Crippen molar-refractivity contribution in [3.63, 3.8) is 0 Å². The van der Waals surface area contributed by atoms with Crippen molar-refractivity contribution in [2.24, 2.45) is 0 Å². The van der Waals surface area contributed by atoms with Gasteiger partial charge in [0.2, 0.25) is 0 Å². The molecule has 12 heteroatoms. The summed E-state index contributed by atoms with van der Waals surface area (Å²) >= 11 is 0. The largest absolute Gasteiger partial charge is 0.472 e. The van der Waals surface area contributed by atoms with Gasteiger partial charge >= 0.3 is 25.7 Å². The molecular weight excluding hydrogens is 880 g/mol. The Morgan fingerprint density at radius 3 is 1.18 bits per heavy atom. The number of allylic oxidation sites excluding steroid dienone is 12. The number of carbonyl (C=O) groups is 3. The molecule has 0 heterocycles. The lowest BCUT2D eigenvalue weighted by Crippen LogP contribution is -2.30. The molecule has 11 nitrogen and oxygen atoms in total. The van der Waals surface area contributed by atoms with E-state index in [0.29, 0.717) is 19.3 Å². The van der Waals surface area contributed by atoms with Crippen LogP contribution in [0, 0.1) is 0 Å². The van der Waals surface area contributed by atoms with Gasteiger partial charge in [0, 0.05) is 19.3 Å². The van der Waals surface area contributed by atoms with E-state index >= 15 is 0 Å². The van der Waals surface area contributed by atoms with E-state index in [1.165, 1.54) is 70.6 Å². The number of phosphoric acid groups is 1. The van der Waals surface area contributed by atoms with Gasteiger partial charge in [-0.05, 0) is 83.5 Å². The van der Waals surface area contributed by atoms with Gasteiger partial charge in [0.15, 0.2) is 6.10 Å². The maximum absolute atomic E-state index is 12.9. The minimum Gasteiger partial charge on any atom is -0.462 e. The lowest BCUT2D eigenvalue weighted by Gasteiger charge is -2.21. The second-order valence-corrected chi connectivity index (χ2v) is 19.1. The van der Waals surface area contributed by atoms with Gasteiger partial charge in [0.05, 0.1) is 19.8 Å². The first-order chi connectivity index (χ1) is 33.2. The number of hydrogen-bond donors (Lipinski definition) is 2. The highest BCUT2D eigenvalue weighted by Crippen LogP contribution is 2.43. The fourth-order valence-corrected chi connectivity index (χ4v) is 7.87. The van der Waals surface area contributed by atoms with Gasteiger partial charge in [0.1, 0.15) is 12.7 Å². The van der Waals surface area contributed by atoms with E-state index in [4.69, 9.17) is 23.3 Å². The zero-order valence-corrected chi connectivity index (χ0v) is 43.9. The van der Waals surface area contributed by atoms with Crippen molar-refractivity contribution in [2.75, 3.05) is 26.4 Å². The normalized spacial score (nSPS) is 14.0. The third kappa shape index (κ3) is 48.0. The summed E-state index contributed by atoms with van der Waals surface area (Å²) in [5.74, 6) is -1.53. The van der Waals surface area contributed by atoms with Crippen molar-refractivity contribution in [1.29, 1.82) is 0 Å². The Morgan fingerprint density at radius 2 is 0.765 bits per heavy atom. The van der Waals surface area contributed by atoms with Crippen LogP contribution < -0.4 is 0 Å². The molecule has 0 aliphatic carbocycles. The monoisotopic (exact) mass is 977 g/mol. The number of phosphoric ester groups is 1. The molecule has 0 spiro atoms. The minimum absolute atomic E-state index is 0.130. The molecular formula is C56H97O11P. The summed E-state index contributed by atoms with van der Waals surface area (Å²) in [4.78, 5) is 48.3. The zero-order chi connectivity index (χ0) is 49.9. The Labute approximate surface area is 414 Å². The highest BCUT2D eigenvalue weighted by molar-refractivity contribution is 7.47. The summed E-state index contributed by atoms with van der Waals surface area (Å²) in [7, 11) is -4.76. The minimum atomic E-state index is -4.76. The first-order valence-corrected chi connectivity index (χ1v) is 28.3. The number of hydrogen-bond acceptors (Lipinski definition) is 10. The maximum atomic E-state index is 12.9. The molecule has 0 saturated carbocycles. The van der Waals surface area contributed by atoms with Gasteiger partial charge in [-0.15, -0.1) is 0 Å². The van der Waals surface area contributed by atoms with Gasteiger partial charge in [-0.25, -0.2) is 4.57 Å². The van der Waals surface area contributed by atoms with Crippen LogP contribution in [-0.4, -0.2) is 66.5 Å². The number of aliphatic hydroxyl groups is 1. The Kier molecular flexibility index (Phi) is 48.0. The van der Waals surface area contributed by atoms with Crippen LogP contribution in [0.1, 0.15) is 226 Å². The first kappa shape index (κ1) is 64.9. The summed E-state index contributed by atoms with van der Waals surface area (Å²) < 4.78 is 39.3. The van der Waals surface area contributed by atoms with Crippen LogP contribution >= 0.6 is 7.82 Å². The van der Waals surface area contributed by atoms with Crippen LogP contribution in [0.25, 0.3) is 0 Å². The van der Waals surface area contributed by atoms with Gasteiger partial charge < -0.3 is 24.2 Å². The van der Waals surface area contributed by atoms with E-state index in [0.717, 1.165) is 96.3 Å². The highest BCUT2D eigenvalue weighted by atomic mass is 31.2. The number of unbranched alkanes of at least 4 members (excludes halogenated alkanes) is 20. The van der Waals surface area contributed by atoms with Crippen molar-refractivity contribution >= 4 is 25.7 Å². The zero-order valence-electron chi connectivity index (χ0n) is 43.1. The van der Waals surface area contributed by atoms with Crippen LogP contribution in [0.15, 0.2) is 72.9 Å². The molecule has 392 valence electrons. The second kappa shape index (κ2) is 50.3. The Hall–Kier alpha value is -3.08. The number of carbonyl (C=O) groups excluding carboxylic acids is 3. The summed E-state index contributed by atoms with van der Waals surface area (Å²) in [5, 5.41) is 9.77. The first-order valence-electron chi connectivity index (χ1n) is 26.8. The number of esters is 3. The van der Waals surface area contributed by atoms with Gasteiger partial charge in [-0.1, -0.05) is 196 Å². The van der Waals surface area contributed by atoms with Crippen LogP contribution in [0.5, 0.6) is 0 Å². The van der Waals surface area contributed by atoms with Crippen molar-refractivity contribution in [3.05, 3.63) is 72.9 Å². The molecule has 0 aromatic carbocycles. The highest BCUT2D eigenvalue weighted by Gasteiger charge is 2.28. The predicted molar refractivity (Wildman–Crippen MR) is 279 cm³/mol. The molecule has 3 atom stereocenters. The molecule has 0 fully saturated rings. The molecule has 0 amide bonds. The molecule has 0 radical (unpaired) electrons. The lowest BCUT2D eigenvalue weighted by atomic mass is 10.0. The maximum Gasteiger partial charge on any atom is 0.472 e. The average Bonchev–Trinajstić information content (AvgIpc) is 3.32. The summed E-state index contributed by atoms with van der Waals surface area (Å²) in [6, 6.07) is 0. The summed E-state index contributed by atoms with van der Waals surface area (Å²) in [6.07, 6.45) is 54.5. The van der Waals surface area contributed by atoms with Crippen molar-refractivity contribution < 1.29 is 52.2 Å². The van der Waals surface area contributed by atoms with E-state index in [2.05, 4.69) is 93.7 Å². The van der Waals surface area contributed by atoms with E-state index in [9.17, 15) is 28.9 Å². The third-order valence-corrected chi connectivity index (χ3v) is 12.1. The molecule has 2 N–H and O–H groups in total. The third-order valence-electron chi connectivity index (χ3n) is 11.1. The quantitative estimate of drug-likeness (QED) is 0.0197. The van der Waals surface area contributed by atoms with E-state index in [-0.39, 0.29) is 25.9 Å². The van der Waals surface area contributed by atoms with Gasteiger partial charge in [-0.3, -0.25) is 23.4 Å². The summed E-state index contributed by atoms with van der Waals surface area (Å²) in [5.41, 5.74) is 0. The van der Waals surface area contributed by atoms with E-state index < -0.39 is 57.8 Å². The Bertz CT molecular complexity index is 1420. The molecule has 68 heavy (non-hydrogen) atoms. The van der Waals surface area contributed by atoms with E-state index in [1.54, 1.807) is 0 Å². The molecule has 0 bridgehead atoms. The smallest absolute Gasteiger partial charge is 0.462 e. The van der Waals surface area contributed by atoms with Crippen LogP contribution in [0.4, 0.5) is 0 Å². The van der Waals surface area contributed by atoms with E-state index in [1.807, 2.05) is 0 Å². The van der Waals surface area contributed by atoms with Crippen LogP contribution in [-0.2, 0) is 42.2 Å². The SMILES string of the molecule is CC/C=C\C/C=C\C/C=C\CCCCCC(=O)OC(CO)COP(=O)(O)OCC(COC(=O)CCCCCCCCCCCCCCCCC)OC(=O)CCCCC/C=C\C/C=C\C/C=C\CC. The van der Waals surface area contributed by atoms with Crippen LogP contribution in [0.3, 0.4) is 0 Å². The topological polar surface area (TPSA) is 155 Å². The van der Waals surface area contributed by atoms with Crippen molar-refractivity contribution in [3.8, 4) is 0 Å². The number of ether oxygens (including phenoxy) is 3. The molecule has 0 aliphatic rings. The number of aliphatic hydroxyl groups excluding tert-OH is 1. The van der Waals surface area contributed by atoms with Crippen molar-refractivity contribution in [2.45, 2.75) is 238 Å². The van der Waals surface area contributed by atoms with Gasteiger partial charge in [-0.2, -0.15) is 0 Å². The molecule has 0 aromatic heterocycles. The fraction of sp³-hybridized carbons (Fsp3) is 0.732. The summed E-state index contributed by atoms with van der Waals surface area (Å²) in [6.45, 7) is 4.34. The molecule has 0 aliphatic heterocycles. The standard InChI is InChI=1S/C56H97O11P/c1-4-7-10-13-16-19-22-25-26-29-30-33-36-39-42-45-54(58)63-49-53(67-56(60)47-44-41-38-35-32-28-24-21-18-15-12-9-6-3)51-65-68(61,62)64-50-52(48-57)66-55(59)46-43-40-37-34-31-27-23-20-17-14-11-8-5-2/h8-9,11-12,17-18,20-21,27-28,31-32,52-53,57H,4-7,10,13-16,19,22-26,29-30,33-51H2,1-3H3,(H,61,62)/b11-8-,12-9-,20-17-,21-18-,31-27-,32-28-. The fourth-order valence-electron chi connectivity index (χ4n) is 7.09. The molecule has 0 aromatic rings. The van der Waals surface area contributed by atoms with Crippen LogP contribution in [0.2, 0.25) is 0 Å². The average molecular weight is 977 g/mol. The molecule has 3 unspecified atom stereocenters. The Balaban J connectivity index is 4.78. The predicted octanol–water partition coefficient (Wildman–Crippen LogP) is 15.4. The Morgan fingerprint density at radius 1 is 0.426 bits per heavy atom. The lowest BCUT2D eigenvalue weighted by molar-refractivity contribution is -0.161. The molecule has 0 saturated heterocycles. The number of rotatable bonds is 49. The molecule has 0 rings (SSSR count). The second-order valence-electron chi connectivity index (χ2n) is 17.6.